The van der Waals surface area contributed by atoms with Gasteiger partial charge < -0.3 is 15.2 Å². The van der Waals surface area contributed by atoms with Crippen molar-refractivity contribution in [3.8, 4) is 11.5 Å². The van der Waals surface area contributed by atoms with Crippen LogP contribution in [0.25, 0.3) is 0 Å². The van der Waals surface area contributed by atoms with E-state index in [4.69, 9.17) is 15.2 Å². The van der Waals surface area contributed by atoms with Gasteiger partial charge in [0.15, 0.2) is 11.5 Å². The largest absolute Gasteiger partial charge is 0.493 e. The Morgan fingerprint density at radius 2 is 1.79 bits per heavy atom. The minimum Gasteiger partial charge on any atom is -0.493 e. The number of amides is 1. The third-order valence-corrected chi connectivity index (χ3v) is 3.98. The van der Waals surface area contributed by atoms with Gasteiger partial charge in [-0.2, -0.15) is 5.10 Å². The molecular weight excluding hydrogens is 354 g/mol. The van der Waals surface area contributed by atoms with Gasteiger partial charge in [0.05, 0.1) is 13.3 Å². The number of nitrogens with two attached hydrogens (primary N) is 1. The van der Waals surface area contributed by atoms with Gasteiger partial charge in [0, 0.05) is 11.3 Å². The molecule has 28 heavy (non-hydrogen) atoms. The molecule has 0 spiro atoms. The molecule has 0 fully saturated rings. The minimum absolute atomic E-state index is 0.315. The van der Waals surface area contributed by atoms with Crippen LogP contribution in [0.4, 0.5) is 5.69 Å². The molecule has 0 aliphatic heterocycles. The van der Waals surface area contributed by atoms with Crippen molar-refractivity contribution in [3.05, 3.63) is 89.5 Å². The lowest BCUT2D eigenvalue weighted by molar-refractivity contribution is 0.0955. The van der Waals surface area contributed by atoms with E-state index in [1.807, 2.05) is 36.4 Å². The summed E-state index contributed by atoms with van der Waals surface area (Å²) in [5.74, 6) is 0.907. The van der Waals surface area contributed by atoms with Crippen LogP contribution in [0.2, 0.25) is 0 Å². The quantitative estimate of drug-likeness (QED) is 0.375. The van der Waals surface area contributed by atoms with Crippen LogP contribution >= 0.6 is 0 Å². The number of nitrogens with one attached hydrogen (secondary N) is 1. The maximum atomic E-state index is 12.1. The van der Waals surface area contributed by atoms with E-state index >= 15 is 0 Å². The highest BCUT2D eigenvalue weighted by atomic mass is 16.5. The highest BCUT2D eigenvalue weighted by molar-refractivity contribution is 5.95. The van der Waals surface area contributed by atoms with Gasteiger partial charge in [-0.05, 0) is 53.6 Å². The van der Waals surface area contributed by atoms with Crippen molar-refractivity contribution in [2.45, 2.75) is 6.61 Å². The number of hydrogen-bond acceptors (Lipinski definition) is 5. The Balaban J connectivity index is 1.65. The molecule has 3 rings (SSSR count). The second-order valence-corrected chi connectivity index (χ2v) is 6.01. The van der Waals surface area contributed by atoms with E-state index in [0.29, 0.717) is 29.4 Å². The Morgan fingerprint density at radius 3 is 2.50 bits per heavy atom. The summed E-state index contributed by atoms with van der Waals surface area (Å²) in [6.07, 6.45) is 1.55. The summed E-state index contributed by atoms with van der Waals surface area (Å²) in [4.78, 5) is 12.1. The number of nitrogen functional groups attached to an aromatic ring is 1. The molecule has 1 amide bonds. The molecule has 0 heterocycles. The van der Waals surface area contributed by atoms with E-state index in [-0.39, 0.29) is 5.91 Å². The third kappa shape index (κ3) is 5.11. The van der Waals surface area contributed by atoms with Crippen molar-refractivity contribution in [2.75, 3.05) is 12.8 Å². The number of hydrogen-bond donors (Lipinski definition) is 2. The van der Waals surface area contributed by atoms with Gasteiger partial charge in [-0.15, -0.1) is 0 Å². The number of hydrazone groups is 1. The number of nitrogens with zero attached hydrogens (tertiary/aromatic N) is 1. The van der Waals surface area contributed by atoms with Crippen LogP contribution in [0.5, 0.6) is 11.5 Å². The molecule has 3 N–H and O–H groups in total. The van der Waals surface area contributed by atoms with Gasteiger partial charge in [-0.25, -0.2) is 5.43 Å². The fraction of sp³-hybridized carbons (Fsp3) is 0.0909. The van der Waals surface area contributed by atoms with Gasteiger partial charge in [0.2, 0.25) is 0 Å². The predicted octanol–water partition coefficient (Wildman–Crippen LogP) is 3.62. The first-order valence-electron chi connectivity index (χ1n) is 8.69. The van der Waals surface area contributed by atoms with E-state index in [0.717, 1.165) is 11.1 Å². The maximum absolute atomic E-state index is 12.1. The van der Waals surface area contributed by atoms with Crippen LogP contribution < -0.4 is 20.6 Å². The Morgan fingerprint density at radius 1 is 1.04 bits per heavy atom. The molecule has 0 aromatic heterocycles. The van der Waals surface area contributed by atoms with Crippen molar-refractivity contribution in [3.63, 3.8) is 0 Å². The average molecular weight is 375 g/mol. The van der Waals surface area contributed by atoms with Gasteiger partial charge in [0.25, 0.3) is 5.91 Å². The summed E-state index contributed by atoms with van der Waals surface area (Å²) in [5.41, 5.74) is 11.0. The van der Waals surface area contributed by atoms with Crippen molar-refractivity contribution < 1.29 is 14.3 Å². The maximum Gasteiger partial charge on any atom is 0.271 e. The second kappa shape index (κ2) is 9.23. The van der Waals surface area contributed by atoms with Crippen molar-refractivity contribution in [1.82, 2.24) is 5.43 Å². The molecule has 0 saturated heterocycles. The SMILES string of the molecule is COc1ccc(C=NNC(=O)c2ccc(N)cc2)cc1OCc1ccccc1. The second-order valence-electron chi connectivity index (χ2n) is 6.01. The molecule has 0 radical (unpaired) electrons. The fourth-order valence-corrected chi connectivity index (χ4v) is 2.49. The van der Waals surface area contributed by atoms with Crippen LogP contribution in [0.15, 0.2) is 77.9 Å². The van der Waals surface area contributed by atoms with Gasteiger partial charge >= 0.3 is 0 Å². The van der Waals surface area contributed by atoms with E-state index < -0.39 is 0 Å². The number of rotatable bonds is 7. The van der Waals surface area contributed by atoms with Crippen LogP contribution in [0, 0.1) is 0 Å². The number of methoxy groups -OCH3 is 1. The van der Waals surface area contributed by atoms with Crippen molar-refractivity contribution >= 4 is 17.8 Å². The van der Waals surface area contributed by atoms with E-state index in [1.165, 1.54) is 0 Å². The Hall–Kier alpha value is -3.80. The lowest BCUT2D eigenvalue weighted by Crippen LogP contribution is -2.17. The minimum atomic E-state index is -0.315. The Labute approximate surface area is 163 Å². The molecule has 142 valence electrons. The van der Waals surface area contributed by atoms with E-state index in [1.54, 1.807) is 49.7 Å². The first kappa shape index (κ1) is 19.0. The molecule has 0 bridgehead atoms. The molecule has 3 aromatic carbocycles. The zero-order valence-electron chi connectivity index (χ0n) is 15.5. The average Bonchev–Trinajstić information content (AvgIpc) is 2.73. The molecule has 0 unspecified atom stereocenters. The molecule has 0 aliphatic carbocycles. The molecule has 0 saturated carbocycles. The number of anilines is 1. The standard InChI is InChI=1S/C22H21N3O3/c1-27-20-12-7-17(13-21(20)28-15-16-5-3-2-4-6-16)14-24-25-22(26)18-8-10-19(23)11-9-18/h2-14H,15,23H2,1H3,(H,25,26). The normalized spacial score (nSPS) is 10.6. The summed E-state index contributed by atoms with van der Waals surface area (Å²) in [7, 11) is 1.59. The predicted molar refractivity (Wildman–Crippen MR) is 110 cm³/mol. The smallest absolute Gasteiger partial charge is 0.271 e. The molecule has 0 atom stereocenters. The van der Waals surface area contributed by atoms with E-state index in [2.05, 4.69) is 10.5 Å². The summed E-state index contributed by atoms with van der Waals surface area (Å²) in [5, 5.41) is 4.00. The first-order valence-corrected chi connectivity index (χ1v) is 8.69. The third-order valence-electron chi connectivity index (χ3n) is 3.98. The monoisotopic (exact) mass is 375 g/mol. The van der Waals surface area contributed by atoms with Crippen LogP contribution in [-0.2, 0) is 6.61 Å². The van der Waals surface area contributed by atoms with Crippen LogP contribution in [-0.4, -0.2) is 19.2 Å². The molecule has 6 heteroatoms. The van der Waals surface area contributed by atoms with Crippen molar-refractivity contribution in [1.29, 1.82) is 0 Å². The number of carbonyl (C=O) groups is 1. The summed E-state index contributed by atoms with van der Waals surface area (Å²) in [6.45, 7) is 0.422. The topological polar surface area (TPSA) is 85.9 Å². The molecule has 3 aromatic rings. The highest BCUT2D eigenvalue weighted by Crippen LogP contribution is 2.28. The van der Waals surface area contributed by atoms with Gasteiger partial charge in [-0.1, -0.05) is 30.3 Å². The molecular formula is C22H21N3O3. The first-order chi connectivity index (χ1) is 13.7. The summed E-state index contributed by atoms with van der Waals surface area (Å²) in [6, 6.07) is 21.9. The summed E-state index contributed by atoms with van der Waals surface area (Å²) >= 11 is 0. The zero-order chi connectivity index (χ0) is 19.8. The zero-order valence-corrected chi connectivity index (χ0v) is 15.5. The molecule has 6 nitrogen and oxygen atoms in total. The number of carbonyl (C=O) groups excluding carboxylic acids is 1. The van der Waals surface area contributed by atoms with Gasteiger partial charge in [-0.3, -0.25) is 4.79 Å². The lowest BCUT2D eigenvalue weighted by Gasteiger charge is -2.11. The van der Waals surface area contributed by atoms with Crippen LogP contribution in [0.3, 0.4) is 0 Å². The summed E-state index contributed by atoms with van der Waals surface area (Å²) < 4.78 is 11.2. The lowest BCUT2D eigenvalue weighted by atomic mass is 10.2. The van der Waals surface area contributed by atoms with Crippen molar-refractivity contribution in [2.24, 2.45) is 5.10 Å². The number of ether oxygens (including phenoxy) is 2. The number of benzene rings is 3. The highest BCUT2D eigenvalue weighted by Gasteiger charge is 2.06. The fourth-order valence-electron chi connectivity index (χ4n) is 2.49. The van der Waals surface area contributed by atoms with Crippen LogP contribution in [0.1, 0.15) is 21.5 Å². The van der Waals surface area contributed by atoms with Gasteiger partial charge in [0.1, 0.15) is 6.61 Å². The Kier molecular flexibility index (Phi) is 6.25. The Bertz CT molecular complexity index is 955. The molecule has 0 aliphatic rings. The van der Waals surface area contributed by atoms with E-state index in [9.17, 15) is 4.79 Å².